The number of imidazole rings is 1. The van der Waals surface area contributed by atoms with Gasteiger partial charge < -0.3 is 5.32 Å². The molecule has 5 aromatic rings. The van der Waals surface area contributed by atoms with E-state index in [4.69, 9.17) is 0 Å². The van der Waals surface area contributed by atoms with E-state index in [0.717, 1.165) is 22.7 Å². The molecule has 0 atom stereocenters. The standard InChI is InChI=1S/C20H17N7O/c1-13-11-21-16-8-5-9-17(26(13)16)22-12-15-10-18(28)27-20(23-15)24-19(25-27)14-6-3-2-4-7-14/h2-11,22H,12H2,1H3,(H,23,24,25). The quantitative estimate of drug-likeness (QED) is 0.507. The number of nitrogens with zero attached hydrogens (tertiary/aromatic N) is 5. The number of rotatable bonds is 4. The van der Waals surface area contributed by atoms with Gasteiger partial charge in [0.2, 0.25) is 0 Å². The molecule has 8 nitrogen and oxygen atoms in total. The zero-order valence-electron chi connectivity index (χ0n) is 15.1. The van der Waals surface area contributed by atoms with Gasteiger partial charge in [0.15, 0.2) is 5.82 Å². The molecular formula is C20H17N7O. The van der Waals surface area contributed by atoms with Crippen LogP contribution in [0.2, 0.25) is 0 Å². The highest BCUT2D eigenvalue weighted by Gasteiger charge is 2.10. The first-order valence-corrected chi connectivity index (χ1v) is 8.90. The summed E-state index contributed by atoms with van der Waals surface area (Å²) in [5.74, 6) is 1.84. The molecule has 0 unspecified atom stereocenters. The third-order valence-corrected chi connectivity index (χ3v) is 4.59. The highest BCUT2D eigenvalue weighted by atomic mass is 16.1. The van der Waals surface area contributed by atoms with Crippen LogP contribution >= 0.6 is 0 Å². The van der Waals surface area contributed by atoms with Gasteiger partial charge in [-0.1, -0.05) is 36.4 Å². The van der Waals surface area contributed by atoms with E-state index in [0.29, 0.717) is 23.8 Å². The van der Waals surface area contributed by atoms with Crippen LogP contribution in [-0.2, 0) is 6.54 Å². The summed E-state index contributed by atoms with van der Waals surface area (Å²) in [5.41, 5.74) is 3.21. The van der Waals surface area contributed by atoms with E-state index < -0.39 is 0 Å². The molecule has 0 bridgehead atoms. The molecule has 4 heterocycles. The van der Waals surface area contributed by atoms with Gasteiger partial charge in [-0.3, -0.25) is 14.3 Å². The van der Waals surface area contributed by atoms with E-state index in [2.05, 4.69) is 25.4 Å². The number of hydrogen-bond donors (Lipinski definition) is 2. The van der Waals surface area contributed by atoms with Crippen molar-refractivity contribution in [3.63, 3.8) is 0 Å². The Morgan fingerprint density at radius 2 is 1.93 bits per heavy atom. The van der Waals surface area contributed by atoms with Gasteiger partial charge in [-0.05, 0) is 19.1 Å². The Hall–Kier alpha value is -3.94. The average molecular weight is 371 g/mol. The number of pyridine rings is 1. The number of aromatic nitrogens is 6. The number of fused-ring (bicyclic) bond motifs is 2. The third-order valence-electron chi connectivity index (χ3n) is 4.59. The lowest BCUT2D eigenvalue weighted by atomic mass is 10.2. The van der Waals surface area contributed by atoms with E-state index in [9.17, 15) is 4.79 Å². The van der Waals surface area contributed by atoms with E-state index in [-0.39, 0.29) is 5.56 Å². The summed E-state index contributed by atoms with van der Waals surface area (Å²) >= 11 is 0. The van der Waals surface area contributed by atoms with Crippen molar-refractivity contribution in [1.29, 1.82) is 0 Å². The number of H-pyrrole nitrogens is 1. The Labute approximate surface area is 159 Å². The second-order valence-electron chi connectivity index (χ2n) is 6.52. The van der Waals surface area contributed by atoms with Crippen molar-refractivity contribution < 1.29 is 0 Å². The number of anilines is 1. The van der Waals surface area contributed by atoms with Crippen LogP contribution < -0.4 is 10.9 Å². The summed E-state index contributed by atoms with van der Waals surface area (Å²) in [6.07, 6.45) is 1.83. The van der Waals surface area contributed by atoms with E-state index >= 15 is 0 Å². The van der Waals surface area contributed by atoms with E-state index in [1.807, 2.05) is 66.1 Å². The molecule has 4 aromatic heterocycles. The zero-order chi connectivity index (χ0) is 19.1. The fraction of sp³-hybridized carbons (Fsp3) is 0.100. The number of benzene rings is 1. The van der Waals surface area contributed by atoms with Crippen LogP contribution in [0.5, 0.6) is 0 Å². The Bertz CT molecular complexity index is 1350. The summed E-state index contributed by atoms with van der Waals surface area (Å²) in [7, 11) is 0. The maximum Gasteiger partial charge on any atom is 0.274 e. The molecule has 0 spiro atoms. The fourth-order valence-corrected chi connectivity index (χ4v) is 3.25. The first-order valence-electron chi connectivity index (χ1n) is 8.90. The molecule has 0 amide bonds. The van der Waals surface area contributed by atoms with Crippen LogP contribution in [-0.4, -0.2) is 29.0 Å². The van der Waals surface area contributed by atoms with Crippen LogP contribution in [0.25, 0.3) is 22.8 Å². The molecule has 8 heteroatoms. The van der Waals surface area contributed by atoms with Gasteiger partial charge in [-0.2, -0.15) is 9.50 Å². The van der Waals surface area contributed by atoms with Crippen LogP contribution in [0.1, 0.15) is 11.4 Å². The number of aryl methyl sites for hydroxylation is 1. The van der Waals surface area contributed by atoms with Gasteiger partial charge in [0.25, 0.3) is 11.3 Å². The normalized spacial score (nSPS) is 11.3. The van der Waals surface area contributed by atoms with Crippen LogP contribution in [0.3, 0.4) is 0 Å². The number of aromatic amines is 1. The highest BCUT2D eigenvalue weighted by molar-refractivity contribution is 5.56. The van der Waals surface area contributed by atoms with Crippen molar-refractivity contribution in [1.82, 2.24) is 29.0 Å². The zero-order valence-corrected chi connectivity index (χ0v) is 15.1. The average Bonchev–Trinajstić information content (AvgIpc) is 3.32. The summed E-state index contributed by atoms with van der Waals surface area (Å²) in [6.45, 7) is 2.40. The molecule has 5 rings (SSSR count). The summed E-state index contributed by atoms with van der Waals surface area (Å²) in [5, 5.41) is 6.34. The molecule has 0 aliphatic carbocycles. The monoisotopic (exact) mass is 371 g/mol. The highest BCUT2D eigenvalue weighted by Crippen LogP contribution is 2.16. The number of hydrogen-bond acceptors (Lipinski definition) is 5. The molecule has 0 fully saturated rings. The Balaban J connectivity index is 1.48. The lowest BCUT2D eigenvalue weighted by molar-refractivity contribution is 0.876. The fourth-order valence-electron chi connectivity index (χ4n) is 3.25. The van der Waals surface area contributed by atoms with Crippen LogP contribution in [0, 0.1) is 6.92 Å². The molecule has 0 aliphatic heterocycles. The maximum absolute atomic E-state index is 12.5. The molecule has 0 saturated carbocycles. The first kappa shape index (κ1) is 16.2. The molecule has 28 heavy (non-hydrogen) atoms. The number of nitrogens with one attached hydrogen (secondary N) is 2. The molecular weight excluding hydrogens is 354 g/mol. The summed E-state index contributed by atoms with van der Waals surface area (Å²) < 4.78 is 3.38. The first-order chi connectivity index (χ1) is 13.7. The summed E-state index contributed by atoms with van der Waals surface area (Å²) in [4.78, 5) is 25.8. The molecule has 0 saturated heterocycles. The molecule has 0 radical (unpaired) electrons. The topological polar surface area (TPSA) is 92.4 Å². The predicted octanol–water partition coefficient (Wildman–Crippen LogP) is 2.65. The molecule has 0 aliphatic rings. The van der Waals surface area contributed by atoms with Gasteiger partial charge in [-0.25, -0.2) is 9.97 Å². The molecule has 1 aromatic carbocycles. The molecule has 2 N–H and O–H groups in total. The lowest BCUT2D eigenvalue weighted by Crippen LogP contribution is -2.17. The van der Waals surface area contributed by atoms with Gasteiger partial charge in [0.05, 0.1) is 12.2 Å². The maximum atomic E-state index is 12.5. The second-order valence-corrected chi connectivity index (χ2v) is 6.52. The van der Waals surface area contributed by atoms with Gasteiger partial charge >= 0.3 is 0 Å². The minimum atomic E-state index is -0.200. The van der Waals surface area contributed by atoms with E-state index in [1.165, 1.54) is 10.6 Å². The van der Waals surface area contributed by atoms with Crippen molar-refractivity contribution in [3.8, 4) is 11.4 Å². The van der Waals surface area contributed by atoms with Crippen molar-refractivity contribution in [2.45, 2.75) is 13.5 Å². The van der Waals surface area contributed by atoms with Crippen LogP contribution in [0.4, 0.5) is 5.82 Å². The van der Waals surface area contributed by atoms with Gasteiger partial charge in [0, 0.05) is 23.5 Å². The predicted molar refractivity (Wildman–Crippen MR) is 106 cm³/mol. The Kier molecular flexibility index (Phi) is 3.68. The van der Waals surface area contributed by atoms with Crippen molar-refractivity contribution in [2.24, 2.45) is 0 Å². The minimum absolute atomic E-state index is 0.200. The largest absolute Gasteiger partial charge is 0.365 e. The Morgan fingerprint density at radius 1 is 1.07 bits per heavy atom. The summed E-state index contributed by atoms with van der Waals surface area (Å²) in [6, 6.07) is 17.0. The minimum Gasteiger partial charge on any atom is -0.365 e. The van der Waals surface area contributed by atoms with Gasteiger partial charge in [-0.15, -0.1) is 0 Å². The van der Waals surface area contributed by atoms with Crippen LogP contribution in [0.15, 0.2) is 65.6 Å². The SMILES string of the molecule is Cc1cnc2cccc(NCc3cc(=O)n4[nH]c(-c5ccccc5)nc4n3)n12. The lowest BCUT2D eigenvalue weighted by Gasteiger charge is -2.09. The molecule has 138 valence electrons. The van der Waals surface area contributed by atoms with Crippen molar-refractivity contribution in [2.75, 3.05) is 5.32 Å². The van der Waals surface area contributed by atoms with E-state index in [1.54, 1.807) is 0 Å². The smallest absolute Gasteiger partial charge is 0.274 e. The van der Waals surface area contributed by atoms with Gasteiger partial charge in [0.1, 0.15) is 11.5 Å². The van der Waals surface area contributed by atoms with Crippen molar-refractivity contribution >= 4 is 17.2 Å². The van der Waals surface area contributed by atoms with Crippen molar-refractivity contribution in [3.05, 3.63) is 82.5 Å². The Morgan fingerprint density at radius 3 is 2.79 bits per heavy atom. The third kappa shape index (κ3) is 2.71. The second kappa shape index (κ2) is 6.34.